The van der Waals surface area contributed by atoms with Crippen molar-refractivity contribution in [3.8, 4) is 11.5 Å². The van der Waals surface area contributed by atoms with Gasteiger partial charge in [0, 0.05) is 11.8 Å². The highest BCUT2D eigenvalue weighted by Gasteiger charge is 2.12. The largest absolute Gasteiger partial charge is 0.493 e. The number of benzene rings is 1. The Morgan fingerprint density at radius 1 is 1.29 bits per heavy atom. The molecule has 5 nitrogen and oxygen atoms in total. The Labute approximate surface area is 132 Å². The summed E-state index contributed by atoms with van der Waals surface area (Å²) in [6.45, 7) is 2.18. The van der Waals surface area contributed by atoms with E-state index in [-0.39, 0.29) is 19.3 Å². The molecule has 1 heterocycles. The molecule has 114 valence electrons. The highest BCUT2D eigenvalue weighted by molar-refractivity contribution is 9.10. The van der Waals surface area contributed by atoms with Crippen LogP contribution in [0.25, 0.3) is 0 Å². The van der Waals surface area contributed by atoms with E-state index in [1.54, 1.807) is 7.11 Å². The van der Waals surface area contributed by atoms with E-state index >= 15 is 0 Å². The minimum Gasteiger partial charge on any atom is -0.493 e. The van der Waals surface area contributed by atoms with Crippen LogP contribution in [0.5, 0.6) is 11.5 Å². The fourth-order valence-corrected chi connectivity index (χ4v) is 2.24. The quantitative estimate of drug-likeness (QED) is 0.794. The molecule has 0 saturated heterocycles. The van der Waals surface area contributed by atoms with E-state index < -0.39 is 0 Å². The molecule has 0 spiro atoms. The third kappa shape index (κ3) is 4.15. The Morgan fingerprint density at radius 3 is 2.71 bits per heavy atom. The molecule has 1 unspecified atom stereocenters. The van der Waals surface area contributed by atoms with Gasteiger partial charge in [-0.2, -0.15) is 0 Å². The van der Waals surface area contributed by atoms with Gasteiger partial charge < -0.3 is 24.3 Å². The van der Waals surface area contributed by atoms with Gasteiger partial charge in [-0.25, -0.2) is 0 Å². The molecule has 0 aliphatic carbocycles. The van der Waals surface area contributed by atoms with Gasteiger partial charge in [0.15, 0.2) is 16.2 Å². The van der Waals surface area contributed by atoms with Crippen LogP contribution in [-0.2, 0) is 0 Å². The monoisotopic (exact) mass is 355 g/mol. The number of hydrogen-bond acceptors (Lipinski definition) is 5. The fraction of sp³-hybridized carbons (Fsp3) is 0.333. The molecule has 0 aliphatic heterocycles. The molecule has 2 N–H and O–H groups in total. The van der Waals surface area contributed by atoms with Crippen molar-refractivity contribution in [3.05, 3.63) is 40.8 Å². The van der Waals surface area contributed by atoms with E-state index in [1.807, 2.05) is 37.3 Å². The van der Waals surface area contributed by atoms with E-state index in [0.29, 0.717) is 16.2 Å². The van der Waals surface area contributed by atoms with Crippen LogP contribution in [0.1, 0.15) is 18.7 Å². The van der Waals surface area contributed by atoms with Crippen LogP contribution in [0, 0.1) is 0 Å². The van der Waals surface area contributed by atoms with Crippen LogP contribution in [0.2, 0.25) is 0 Å². The predicted molar refractivity (Wildman–Crippen MR) is 84.0 cm³/mol. The van der Waals surface area contributed by atoms with Crippen LogP contribution < -0.4 is 14.8 Å². The third-order valence-corrected chi connectivity index (χ3v) is 3.34. The first kappa shape index (κ1) is 15.7. The Hall–Kier alpha value is -1.66. The van der Waals surface area contributed by atoms with Gasteiger partial charge in [-0.3, -0.25) is 0 Å². The Kier molecular flexibility index (Phi) is 5.52. The van der Waals surface area contributed by atoms with E-state index in [0.717, 1.165) is 11.4 Å². The molecule has 21 heavy (non-hydrogen) atoms. The van der Waals surface area contributed by atoms with E-state index in [9.17, 15) is 0 Å². The number of nitrogens with one attached hydrogen (secondary N) is 1. The summed E-state index contributed by atoms with van der Waals surface area (Å²) in [4.78, 5) is 0. The molecule has 0 bridgehead atoms. The van der Waals surface area contributed by atoms with Crippen LogP contribution >= 0.6 is 15.9 Å². The van der Waals surface area contributed by atoms with Crippen molar-refractivity contribution in [2.24, 2.45) is 0 Å². The first-order chi connectivity index (χ1) is 10.1. The van der Waals surface area contributed by atoms with Crippen molar-refractivity contribution >= 4 is 21.6 Å². The van der Waals surface area contributed by atoms with Gasteiger partial charge in [-0.05, 0) is 47.1 Å². The molecule has 2 aromatic rings. The van der Waals surface area contributed by atoms with Crippen LogP contribution in [0.4, 0.5) is 5.69 Å². The fourth-order valence-electron chi connectivity index (χ4n) is 1.92. The van der Waals surface area contributed by atoms with Crippen LogP contribution in [0.15, 0.2) is 39.4 Å². The number of halogens is 1. The van der Waals surface area contributed by atoms with Crippen molar-refractivity contribution in [1.82, 2.24) is 0 Å². The summed E-state index contributed by atoms with van der Waals surface area (Å²) in [6.07, 6.45) is 0. The standard InChI is InChI=1S/C15H18BrNO4/c1-10(12-5-6-15(16)21-12)17-11-3-4-13(19-2)14(9-11)20-8-7-18/h3-6,9-10,17-18H,7-8H2,1-2H3. The molecule has 1 aromatic carbocycles. The Bertz CT molecular complexity index is 585. The van der Waals surface area contributed by atoms with E-state index in [2.05, 4.69) is 21.2 Å². The summed E-state index contributed by atoms with van der Waals surface area (Å²) in [5.41, 5.74) is 0.878. The first-order valence-electron chi connectivity index (χ1n) is 6.57. The topological polar surface area (TPSA) is 63.9 Å². The number of hydrogen-bond donors (Lipinski definition) is 2. The molecule has 2 rings (SSSR count). The maximum absolute atomic E-state index is 8.86. The van der Waals surface area contributed by atoms with Crippen molar-refractivity contribution in [2.75, 3.05) is 25.6 Å². The average molecular weight is 356 g/mol. The van der Waals surface area contributed by atoms with Gasteiger partial charge in [0.05, 0.1) is 19.8 Å². The van der Waals surface area contributed by atoms with Crippen LogP contribution in [-0.4, -0.2) is 25.4 Å². The lowest BCUT2D eigenvalue weighted by Crippen LogP contribution is -2.07. The zero-order chi connectivity index (χ0) is 15.2. The third-order valence-electron chi connectivity index (χ3n) is 2.92. The number of methoxy groups -OCH3 is 1. The van der Waals surface area contributed by atoms with Gasteiger partial charge in [0.1, 0.15) is 12.4 Å². The van der Waals surface area contributed by atoms with Crippen LogP contribution in [0.3, 0.4) is 0 Å². The molecular weight excluding hydrogens is 338 g/mol. The molecule has 1 atom stereocenters. The van der Waals surface area contributed by atoms with Gasteiger partial charge in [0.2, 0.25) is 0 Å². The lowest BCUT2D eigenvalue weighted by atomic mass is 10.2. The summed E-state index contributed by atoms with van der Waals surface area (Å²) >= 11 is 3.29. The van der Waals surface area contributed by atoms with Gasteiger partial charge in [-0.15, -0.1) is 0 Å². The molecule has 1 aromatic heterocycles. The molecule has 0 aliphatic rings. The number of aliphatic hydroxyl groups excluding tert-OH is 1. The number of rotatable bonds is 7. The number of anilines is 1. The SMILES string of the molecule is COc1ccc(NC(C)c2ccc(Br)o2)cc1OCCO. The minimum atomic E-state index is -0.0440. The average Bonchev–Trinajstić information content (AvgIpc) is 2.92. The zero-order valence-corrected chi connectivity index (χ0v) is 13.5. The molecule has 0 fully saturated rings. The second kappa shape index (κ2) is 7.38. The Morgan fingerprint density at radius 2 is 2.10 bits per heavy atom. The highest BCUT2D eigenvalue weighted by Crippen LogP contribution is 2.32. The predicted octanol–water partition coefficient (Wildman–Crippen LogP) is 3.59. The lowest BCUT2D eigenvalue weighted by molar-refractivity contribution is 0.196. The minimum absolute atomic E-state index is 0.00962. The van der Waals surface area contributed by atoms with Gasteiger partial charge in [0.25, 0.3) is 0 Å². The smallest absolute Gasteiger partial charge is 0.169 e. The Balaban J connectivity index is 2.12. The molecular formula is C15H18BrNO4. The van der Waals surface area contributed by atoms with Crippen molar-refractivity contribution in [3.63, 3.8) is 0 Å². The van der Waals surface area contributed by atoms with Crippen molar-refractivity contribution in [2.45, 2.75) is 13.0 Å². The molecule has 0 amide bonds. The maximum Gasteiger partial charge on any atom is 0.169 e. The van der Waals surface area contributed by atoms with E-state index in [4.69, 9.17) is 19.0 Å². The van der Waals surface area contributed by atoms with Gasteiger partial charge in [-0.1, -0.05) is 0 Å². The summed E-state index contributed by atoms with van der Waals surface area (Å²) in [6, 6.07) is 9.34. The number of furan rings is 1. The molecule has 6 heteroatoms. The van der Waals surface area contributed by atoms with Crippen molar-refractivity contribution < 1.29 is 19.0 Å². The summed E-state index contributed by atoms with van der Waals surface area (Å²) in [5, 5.41) is 12.2. The highest BCUT2D eigenvalue weighted by atomic mass is 79.9. The second-order valence-electron chi connectivity index (χ2n) is 4.45. The summed E-state index contributed by atoms with van der Waals surface area (Å²) < 4.78 is 16.9. The molecule has 0 radical (unpaired) electrons. The first-order valence-corrected chi connectivity index (χ1v) is 7.37. The maximum atomic E-state index is 8.86. The molecule has 0 saturated carbocycles. The normalized spacial score (nSPS) is 12.0. The lowest BCUT2D eigenvalue weighted by Gasteiger charge is -2.16. The van der Waals surface area contributed by atoms with E-state index in [1.165, 1.54) is 0 Å². The van der Waals surface area contributed by atoms with Crippen molar-refractivity contribution in [1.29, 1.82) is 0 Å². The summed E-state index contributed by atoms with van der Waals surface area (Å²) in [7, 11) is 1.58. The number of ether oxygens (including phenoxy) is 2. The second-order valence-corrected chi connectivity index (χ2v) is 5.23. The summed E-state index contributed by atoms with van der Waals surface area (Å²) in [5.74, 6) is 2.04. The number of aliphatic hydroxyl groups is 1. The zero-order valence-electron chi connectivity index (χ0n) is 11.9. The van der Waals surface area contributed by atoms with Gasteiger partial charge >= 0.3 is 0 Å².